The lowest BCUT2D eigenvalue weighted by molar-refractivity contribution is -0.119. The van der Waals surface area contributed by atoms with Crippen LogP contribution in [0.4, 0.5) is 11.4 Å². The van der Waals surface area contributed by atoms with E-state index in [-0.39, 0.29) is 10.8 Å². The standard InChI is InChI=1S/C21H24N2O4S/c1-13-9-18(27-3)19(10-14(13)2)28(25,26)22-17-11-15-5-4-8-23-20(24)7-6-16(12-17)21(15)23/h9-12,22H,4-8H2,1-3H3. The molecule has 0 saturated heterocycles. The van der Waals surface area contributed by atoms with Crippen LogP contribution in [-0.4, -0.2) is 28.0 Å². The van der Waals surface area contributed by atoms with Gasteiger partial charge >= 0.3 is 0 Å². The van der Waals surface area contributed by atoms with Gasteiger partial charge in [-0.05, 0) is 79.6 Å². The van der Waals surface area contributed by atoms with Gasteiger partial charge in [-0.2, -0.15) is 0 Å². The molecular weight excluding hydrogens is 376 g/mol. The van der Waals surface area contributed by atoms with Gasteiger partial charge in [0.2, 0.25) is 5.91 Å². The van der Waals surface area contributed by atoms with E-state index in [1.807, 2.05) is 30.9 Å². The van der Waals surface area contributed by atoms with Crippen molar-refractivity contribution in [3.63, 3.8) is 0 Å². The highest BCUT2D eigenvalue weighted by atomic mass is 32.2. The number of nitrogens with zero attached hydrogens (tertiary/aromatic N) is 1. The van der Waals surface area contributed by atoms with Gasteiger partial charge in [-0.25, -0.2) is 8.42 Å². The van der Waals surface area contributed by atoms with Gasteiger partial charge in [-0.15, -0.1) is 0 Å². The molecule has 0 unspecified atom stereocenters. The van der Waals surface area contributed by atoms with Crippen molar-refractivity contribution >= 4 is 27.3 Å². The summed E-state index contributed by atoms with van der Waals surface area (Å²) in [6, 6.07) is 7.09. The van der Waals surface area contributed by atoms with Crippen LogP contribution in [0.3, 0.4) is 0 Å². The average molecular weight is 401 g/mol. The molecule has 0 radical (unpaired) electrons. The molecule has 2 aliphatic rings. The zero-order valence-corrected chi connectivity index (χ0v) is 17.1. The number of ether oxygens (including phenoxy) is 1. The van der Waals surface area contributed by atoms with Crippen LogP contribution < -0.4 is 14.4 Å². The Morgan fingerprint density at radius 1 is 1.00 bits per heavy atom. The first-order valence-electron chi connectivity index (χ1n) is 9.44. The summed E-state index contributed by atoms with van der Waals surface area (Å²) in [5, 5.41) is 0. The lowest BCUT2D eigenvalue weighted by atomic mass is 9.91. The maximum absolute atomic E-state index is 13.1. The van der Waals surface area contributed by atoms with Crippen molar-refractivity contribution in [1.82, 2.24) is 0 Å². The van der Waals surface area contributed by atoms with Gasteiger partial charge in [0.05, 0.1) is 12.8 Å². The molecule has 7 heteroatoms. The van der Waals surface area contributed by atoms with Gasteiger partial charge in [-0.3, -0.25) is 9.52 Å². The number of amides is 1. The normalized spacial score (nSPS) is 16.0. The van der Waals surface area contributed by atoms with E-state index in [0.717, 1.165) is 47.3 Å². The Balaban J connectivity index is 1.74. The first kappa shape index (κ1) is 18.8. The van der Waals surface area contributed by atoms with Gasteiger partial charge in [0, 0.05) is 18.7 Å². The summed E-state index contributed by atoms with van der Waals surface area (Å²) in [5.74, 6) is 0.480. The highest BCUT2D eigenvalue weighted by Crippen LogP contribution is 2.38. The summed E-state index contributed by atoms with van der Waals surface area (Å²) >= 11 is 0. The van der Waals surface area contributed by atoms with Gasteiger partial charge in [0.15, 0.2) is 0 Å². The SMILES string of the molecule is COc1cc(C)c(C)cc1S(=O)(=O)Nc1cc2c3c(c1)CCC(=O)N3CCC2. The molecule has 28 heavy (non-hydrogen) atoms. The fraction of sp³-hybridized carbons (Fsp3) is 0.381. The van der Waals surface area contributed by atoms with Crippen LogP contribution in [0.1, 0.15) is 35.1 Å². The summed E-state index contributed by atoms with van der Waals surface area (Å²) in [4.78, 5) is 14.2. The molecule has 0 bridgehead atoms. The highest BCUT2D eigenvalue weighted by Gasteiger charge is 2.30. The second-order valence-electron chi connectivity index (χ2n) is 7.48. The number of sulfonamides is 1. The Labute approximate surface area is 165 Å². The third kappa shape index (κ3) is 3.13. The maximum atomic E-state index is 13.1. The number of anilines is 2. The predicted molar refractivity (Wildman–Crippen MR) is 109 cm³/mol. The molecule has 2 aromatic rings. The lowest BCUT2D eigenvalue weighted by Crippen LogP contribution is -2.39. The zero-order chi connectivity index (χ0) is 20.1. The second kappa shape index (κ2) is 6.81. The number of aryl methyl sites for hydroxylation is 4. The molecule has 4 rings (SSSR count). The van der Waals surface area contributed by atoms with Gasteiger partial charge in [0.25, 0.3) is 10.0 Å². The van der Waals surface area contributed by atoms with Gasteiger partial charge in [0.1, 0.15) is 10.6 Å². The highest BCUT2D eigenvalue weighted by molar-refractivity contribution is 7.92. The molecule has 0 spiro atoms. The Morgan fingerprint density at radius 2 is 1.68 bits per heavy atom. The molecule has 0 fully saturated rings. The number of nitrogens with one attached hydrogen (secondary N) is 1. The van der Waals surface area contributed by atoms with E-state index in [9.17, 15) is 13.2 Å². The first-order chi connectivity index (χ1) is 13.3. The number of methoxy groups -OCH3 is 1. The monoisotopic (exact) mass is 400 g/mol. The second-order valence-corrected chi connectivity index (χ2v) is 9.14. The molecule has 2 heterocycles. The van der Waals surface area contributed by atoms with Crippen molar-refractivity contribution in [3.8, 4) is 5.75 Å². The van der Waals surface area contributed by atoms with Gasteiger partial charge in [-0.1, -0.05) is 0 Å². The molecule has 2 aliphatic heterocycles. The lowest BCUT2D eigenvalue weighted by Gasteiger charge is -2.35. The largest absolute Gasteiger partial charge is 0.495 e. The molecule has 1 amide bonds. The van der Waals surface area contributed by atoms with Gasteiger partial charge < -0.3 is 9.64 Å². The number of carbonyl (C=O) groups is 1. The van der Waals surface area contributed by atoms with E-state index < -0.39 is 10.0 Å². The molecule has 0 saturated carbocycles. The van der Waals surface area contributed by atoms with Crippen molar-refractivity contribution < 1.29 is 17.9 Å². The van der Waals surface area contributed by atoms with Crippen LogP contribution in [-0.2, 0) is 27.7 Å². The smallest absolute Gasteiger partial charge is 0.265 e. The minimum absolute atomic E-state index is 0.126. The molecule has 6 nitrogen and oxygen atoms in total. The predicted octanol–water partition coefficient (Wildman–Crippen LogP) is 3.34. The molecule has 1 N–H and O–H groups in total. The van der Waals surface area contributed by atoms with Crippen molar-refractivity contribution in [2.45, 2.75) is 44.4 Å². The molecule has 2 aromatic carbocycles. The van der Waals surface area contributed by atoms with E-state index >= 15 is 0 Å². The number of hydrogen-bond acceptors (Lipinski definition) is 4. The van der Waals surface area contributed by atoms with Crippen LogP contribution in [0.5, 0.6) is 5.75 Å². The molecule has 0 atom stereocenters. The Kier molecular flexibility index (Phi) is 4.57. The number of rotatable bonds is 4. The van der Waals surface area contributed by atoms with Crippen LogP contribution in [0.2, 0.25) is 0 Å². The average Bonchev–Trinajstić information content (AvgIpc) is 2.66. The van der Waals surface area contributed by atoms with Crippen LogP contribution in [0.15, 0.2) is 29.2 Å². The molecular formula is C21H24N2O4S. The van der Waals surface area contributed by atoms with E-state index in [2.05, 4.69) is 4.72 Å². The third-order valence-electron chi connectivity index (χ3n) is 5.60. The topological polar surface area (TPSA) is 75.7 Å². The Morgan fingerprint density at radius 3 is 2.39 bits per heavy atom. The van der Waals surface area contributed by atoms with E-state index in [4.69, 9.17) is 4.74 Å². The fourth-order valence-corrected chi connectivity index (χ4v) is 5.33. The fourth-order valence-electron chi connectivity index (χ4n) is 4.06. The molecule has 0 aromatic heterocycles. The first-order valence-corrected chi connectivity index (χ1v) is 10.9. The Bertz CT molecular complexity index is 1060. The summed E-state index contributed by atoms with van der Waals surface area (Å²) in [5.41, 5.74) is 5.43. The minimum Gasteiger partial charge on any atom is -0.495 e. The van der Waals surface area contributed by atoms with E-state index in [1.54, 1.807) is 12.1 Å². The third-order valence-corrected chi connectivity index (χ3v) is 7.00. The zero-order valence-electron chi connectivity index (χ0n) is 16.3. The van der Waals surface area contributed by atoms with Crippen LogP contribution in [0.25, 0.3) is 0 Å². The summed E-state index contributed by atoms with van der Waals surface area (Å²) in [6.45, 7) is 4.54. The Hall–Kier alpha value is -2.54. The van der Waals surface area contributed by atoms with Crippen LogP contribution in [0, 0.1) is 13.8 Å². The number of hydrogen-bond donors (Lipinski definition) is 1. The molecule has 148 valence electrons. The van der Waals surface area contributed by atoms with Crippen LogP contribution >= 0.6 is 0 Å². The van der Waals surface area contributed by atoms with Crippen molar-refractivity contribution in [2.24, 2.45) is 0 Å². The summed E-state index contributed by atoms with van der Waals surface area (Å²) in [6.07, 6.45) is 2.84. The summed E-state index contributed by atoms with van der Waals surface area (Å²) in [7, 11) is -2.34. The number of carbonyl (C=O) groups excluding carboxylic acids is 1. The van der Waals surface area contributed by atoms with Crippen molar-refractivity contribution in [3.05, 3.63) is 46.5 Å². The van der Waals surface area contributed by atoms with Crippen molar-refractivity contribution in [2.75, 3.05) is 23.3 Å². The quantitative estimate of drug-likeness (QED) is 0.854. The number of benzene rings is 2. The summed E-state index contributed by atoms with van der Waals surface area (Å²) < 4.78 is 34.2. The molecule has 0 aliphatic carbocycles. The minimum atomic E-state index is -3.81. The maximum Gasteiger partial charge on any atom is 0.265 e. The van der Waals surface area contributed by atoms with E-state index in [1.165, 1.54) is 7.11 Å². The van der Waals surface area contributed by atoms with Crippen molar-refractivity contribution in [1.29, 1.82) is 0 Å². The van der Waals surface area contributed by atoms with E-state index in [0.29, 0.717) is 24.3 Å².